The second-order valence-electron chi connectivity index (χ2n) is 13.3. The molecule has 0 N–H and O–H groups in total. The third kappa shape index (κ3) is 4.60. The Kier molecular flexibility index (Phi) is 6.93. The molecule has 0 aliphatic rings. The standard InChI is InChI=1S/C38H44O2/c1-7-9-11-21-37(3,4)25-13-15-29-33(23-25)39-31-19-17-28-27(35(29)31)18-20-32-36(28)30-16-14-26(24-34(30)40-32)38(5,6)22-12-10-8-2/h13-20,23-24H,7-12,21-22H2,1-6H3. The van der Waals surface area contributed by atoms with Gasteiger partial charge in [-0.1, -0.05) is 104 Å². The molecule has 2 nitrogen and oxygen atoms in total. The Bertz CT molecular complexity index is 1690. The van der Waals surface area contributed by atoms with Gasteiger partial charge in [0.2, 0.25) is 0 Å². The molecule has 0 radical (unpaired) electrons. The number of unbranched alkanes of at least 4 members (excludes halogenated alkanes) is 4. The summed E-state index contributed by atoms with van der Waals surface area (Å²) in [6, 6.07) is 22.5. The molecule has 0 saturated carbocycles. The average molecular weight is 533 g/mol. The molecule has 0 amide bonds. The lowest BCUT2D eigenvalue weighted by molar-refractivity contribution is 0.450. The summed E-state index contributed by atoms with van der Waals surface area (Å²) in [5.74, 6) is 0. The highest BCUT2D eigenvalue weighted by molar-refractivity contribution is 6.27. The van der Waals surface area contributed by atoms with E-state index in [0.717, 1.165) is 22.3 Å². The van der Waals surface area contributed by atoms with Crippen molar-refractivity contribution in [1.29, 1.82) is 0 Å². The molecular weight excluding hydrogens is 488 g/mol. The van der Waals surface area contributed by atoms with Crippen molar-refractivity contribution in [3.05, 3.63) is 71.8 Å². The first kappa shape index (κ1) is 26.9. The Morgan fingerprint density at radius 1 is 0.475 bits per heavy atom. The smallest absolute Gasteiger partial charge is 0.136 e. The first-order chi connectivity index (χ1) is 19.2. The lowest BCUT2D eigenvalue weighted by Crippen LogP contribution is -2.16. The molecule has 208 valence electrons. The van der Waals surface area contributed by atoms with Crippen LogP contribution in [0, 0.1) is 0 Å². The van der Waals surface area contributed by atoms with Gasteiger partial charge in [0, 0.05) is 21.5 Å². The van der Waals surface area contributed by atoms with Crippen molar-refractivity contribution in [3.8, 4) is 0 Å². The topological polar surface area (TPSA) is 26.3 Å². The molecule has 0 saturated heterocycles. The molecule has 0 spiro atoms. The lowest BCUT2D eigenvalue weighted by atomic mass is 9.79. The second kappa shape index (κ2) is 10.3. The maximum absolute atomic E-state index is 6.47. The summed E-state index contributed by atoms with van der Waals surface area (Å²) in [6.07, 6.45) is 10.00. The van der Waals surface area contributed by atoms with E-state index in [1.54, 1.807) is 0 Å². The van der Waals surface area contributed by atoms with Gasteiger partial charge in [-0.3, -0.25) is 0 Å². The highest BCUT2D eigenvalue weighted by Gasteiger charge is 2.24. The van der Waals surface area contributed by atoms with E-state index in [4.69, 9.17) is 8.83 Å². The van der Waals surface area contributed by atoms with Gasteiger partial charge in [-0.05, 0) is 82.0 Å². The summed E-state index contributed by atoms with van der Waals surface area (Å²) < 4.78 is 12.9. The maximum atomic E-state index is 6.47. The quantitative estimate of drug-likeness (QED) is 0.164. The molecule has 4 aromatic carbocycles. The van der Waals surface area contributed by atoms with Crippen LogP contribution in [-0.2, 0) is 10.8 Å². The van der Waals surface area contributed by atoms with Gasteiger partial charge in [0.25, 0.3) is 0 Å². The monoisotopic (exact) mass is 532 g/mol. The third-order valence-corrected chi connectivity index (χ3v) is 9.44. The number of fused-ring (bicyclic) bond motifs is 9. The summed E-state index contributed by atoms with van der Waals surface area (Å²) >= 11 is 0. The third-order valence-electron chi connectivity index (χ3n) is 9.44. The van der Waals surface area contributed by atoms with Gasteiger partial charge in [0.15, 0.2) is 0 Å². The van der Waals surface area contributed by atoms with Crippen molar-refractivity contribution in [2.45, 2.75) is 104 Å². The molecule has 6 rings (SSSR count). The molecular formula is C38H44O2. The fraction of sp³-hybridized carbons (Fsp3) is 0.421. The van der Waals surface area contributed by atoms with Crippen LogP contribution in [0.3, 0.4) is 0 Å². The molecule has 0 bridgehead atoms. The van der Waals surface area contributed by atoms with E-state index in [1.165, 1.54) is 94.8 Å². The zero-order chi connectivity index (χ0) is 28.1. The molecule has 6 aromatic rings. The largest absolute Gasteiger partial charge is 0.456 e. The van der Waals surface area contributed by atoms with Crippen LogP contribution in [0.5, 0.6) is 0 Å². The Morgan fingerprint density at radius 3 is 1.27 bits per heavy atom. The molecule has 0 aliphatic carbocycles. The van der Waals surface area contributed by atoms with Crippen molar-refractivity contribution in [3.63, 3.8) is 0 Å². The van der Waals surface area contributed by atoms with E-state index in [-0.39, 0.29) is 10.8 Å². The average Bonchev–Trinajstić information content (AvgIpc) is 3.50. The second-order valence-corrected chi connectivity index (χ2v) is 13.3. The predicted octanol–water partition coefficient (Wildman–Crippen LogP) is 12.4. The van der Waals surface area contributed by atoms with Crippen LogP contribution in [0.1, 0.15) is 104 Å². The van der Waals surface area contributed by atoms with Crippen LogP contribution < -0.4 is 0 Å². The van der Waals surface area contributed by atoms with Crippen LogP contribution in [0.4, 0.5) is 0 Å². The van der Waals surface area contributed by atoms with Gasteiger partial charge < -0.3 is 8.83 Å². The van der Waals surface area contributed by atoms with Crippen LogP contribution in [0.2, 0.25) is 0 Å². The van der Waals surface area contributed by atoms with Crippen LogP contribution >= 0.6 is 0 Å². The zero-order valence-electron chi connectivity index (χ0n) is 25.2. The van der Waals surface area contributed by atoms with Crippen molar-refractivity contribution < 1.29 is 8.83 Å². The van der Waals surface area contributed by atoms with Crippen molar-refractivity contribution >= 4 is 54.6 Å². The van der Waals surface area contributed by atoms with E-state index < -0.39 is 0 Å². The van der Waals surface area contributed by atoms with Crippen molar-refractivity contribution in [2.24, 2.45) is 0 Å². The maximum Gasteiger partial charge on any atom is 0.136 e. The number of furan rings is 2. The van der Waals surface area contributed by atoms with Gasteiger partial charge in [-0.25, -0.2) is 0 Å². The van der Waals surface area contributed by atoms with E-state index in [2.05, 4.69) is 102 Å². The number of hydrogen-bond donors (Lipinski definition) is 0. The molecule has 0 aliphatic heterocycles. The Hall–Kier alpha value is -3.26. The number of benzene rings is 4. The summed E-state index contributed by atoms with van der Waals surface area (Å²) in [6.45, 7) is 14.0. The van der Waals surface area contributed by atoms with Crippen LogP contribution in [0.15, 0.2) is 69.5 Å². The molecule has 2 heterocycles. The van der Waals surface area contributed by atoms with E-state index in [9.17, 15) is 0 Å². The summed E-state index contributed by atoms with van der Waals surface area (Å²) in [5.41, 5.74) is 6.85. The molecule has 40 heavy (non-hydrogen) atoms. The first-order valence-corrected chi connectivity index (χ1v) is 15.5. The SMILES string of the molecule is CCCCCC(C)(C)c1ccc2c(c1)oc1ccc3c(ccc4oc5cc(C(C)(C)CCCCC)ccc5c43)c12. The predicted molar refractivity (Wildman–Crippen MR) is 173 cm³/mol. The van der Waals surface area contributed by atoms with E-state index >= 15 is 0 Å². The van der Waals surface area contributed by atoms with E-state index in [1.807, 2.05) is 0 Å². The molecule has 0 unspecified atom stereocenters. The summed E-state index contributed by atoms with van der Waals surface area (Å²) in [4.78, 5) is 0. The molecule has 2 aromatic heterocycles. The minimum absolute atomic E-state index is 0.135. The number of hydrogen-bond acceptors (Lipinski definition) is 2. The van der Waals surface area contributed by atoms with Crippen LogP contribution in [0.25, 0.3) is 54.6 Å². The molecule has 0 atom stereocenters. The highest BCUT2D eigenvalue weighted by atomic mass is 16.3. The summed E-state index contributed by atoms with van der Waals surface area (Å²) in [7, 11) is 0. The Balaban J connectivity index is 1.46. The van der Waals surface area contributed by atoms with E-state index in [0.29, 0.717) is 0 Å². The van der Waals surface area contributed by atoms with Gasteiger partial charge >= 0.3 is 0 Å². The van der Waals surface area contributed by atoms with Gasteiger partial charge in [-0.2, -0.15) is 0 Å². The fourth-order valence-electron chi connectivity index (χ4n) is 6.72. The Labute approximate surface area is 238 Å². The van der Waals surface area contributed by atoms with Gasteiger partial charge in [0.05, 0.1) is 0 Å². The van der Waals surface area contributed by atoms with Gasteiger partial charge in [-0.15, -0.1) is 0 Å². The first-order valence-electron chi connectivity index (χ1n) is 15.5. The zero-order valence-corrected chi connectivity index (χ0v) is 25.2. The fourth-order valence-corrected chi connectivity index (χ4v) is 6.72. The minimum atomic E-state index is 0.135. The van der Waals surface area contributed by atoms with Gasteiger partial charge in [0.1, 0.15) is 22.3 Å². The lowest BCUT2D eigenvalue weighted by Gasteiger charge is -2.25. The van der Waals surface area contributed by atoms with Crippen molar-refractivity contribution in [1.82, 2.24) is 0 Å². The molecule has 2 heteroatoms. The number of rotatable bonds is 10. The Morgan fingerprint density at radius 2 is 0.875 bits per heavy atom. The molecule has 0 fully saturated rings. The minimum Gasteiger partial charge on any atom is -0.456 e. The highest BCUT2D eigenvalue weighted by Crippen LogP contribution is 2.42. The van der Waals surface area contributed by atoms with Crippen molar-refractivity contribution in [2.75, 3.05) is 0 Å². The normalized spacial score (nSPS) is 13.1. The van der Waals surface area contributed by atoms with Crippen LogP contribution in [-0.4, -0.2) is 0 Å². The summed E-state index contributed by atoms with van der Waals surface area (Å²) in [5, 5.41) is 7.24.